The van der Waals surface area contributed by atoms with E-state index in [1.165, 1.54) is 10.7 Å². The molecule has 0 fully saturated rings. The molecule has 0 aliphatic heterocycles. The first kappa shape index (κ1) is 13.8. The van der Waals surface area contributed by atoms with Gasteiger partial charge in [-0.2, -0.15) is 5.10 Å². The second-order valence-corrected chi connectivity index (χ2v) is 4.15. The predicted molar refractivity (Wildman–Crippen MR) is 71.8 cm³/mol. The molecule has 2 rings (SSSR count). The summed E-state index contributed by atoms with van der Waals surface area (Å²) >= 11 is 0. The van der Waals surface area contributed by atoms with Gasteiger partial charge in [0.05, 0.1) is 13.0 Å². The van der Waals surface area contributed by atoms with E-state index in [1.54, 1.807) is 36.5 Å². The van der Waals surface area contributed by atoms with E-state index in [0.29, 0.717) is 24.5 Å². The molecule has 6 nitrogen and oxygen atoms in total. The molecule has 2 aromatic rings. The lowest BCUT2D eigenvalue weighted by molar-refractivity contribution is -0.136. The fourth-order valence-electron chi connectivity index (χ4n) is 1.68. The molecule has 0 unspecified atom stereocenters. The lowest BCUT2D eigenvalue weighted by atomic mass is 10.1. The molecule has 0 saturated carbocycles. The van der Waals surface area contributed by atoms with Gasteiger partial charge in [0, 0.05) is 12.3 Å². The zero-order valence-electron chi connectivity index (χ0n) is 10.7. The molecule has 0 spiro atoms. The van der Waals surface area contributed by atoms with E-state index in [9.17, 15) is 9.59 Å². The fourth-order valence-corrected chi connectivity index (χ4v) is 1.68. The first-order valence-corrected chi connectivity index (χ1v) is 6.11. The number of ether oxygens (including phenoxy) is 1. The molecule has 1 aromatic carbocycles. The van der Waals surface area contributed by atoms with Crippen molar-refractivity contribution in [1.82, 2.24) is 9.78 Å². The first-order chi connectivity index (χ1) is 9.65. The molecule has 104 valence electrons. The Labute approximate surface area is 115 Å². The van der Waals surface area contributed by atoms with Crippen molar-refractivity contribution in [3.63, 3.8) is 0 Å². The summed E-state index contributed by atoms with van der Waals surface area (Å²) in [7, 11) is 0. The van der Waals surface area contributed by atoms with Crippen molar-refractivity contribution in [2.45, 2.75) is 13.0 Å². The summed E-state index contributed by atoms with van der Waals surface area (Å²) in [6, 6.07) is 9.85. The predicted octanol–water partition coefficient (Wildman–Crippen LogP) is 0.949. The van der Waals surface area contributed by atoms with Crippen LogP contribution in [0.4, 0.5) is 0 Å². The van der Waals surface area contributed by atoms with Gasteiger partial charge in [-0.25, -0.2) is 4.68 Å². The summed E-state index contributed by atoms with van der Waals surface area (Å²) in [5.74, 6) is -0.240. The molecule has 1 aromatic heterocycles. The van der Waals surface area contributed by atoms with Gasteiger partial charge in [0.2, 0.25) is 0 Å². The van der Waals surface area contributed by atoms with E-state index >= 15 is 0 Å². The molecule has 20 heavy (non-hydrogen) atoms. The van der Waals surface area contributed by atoms with Crippen molar-refractivity contribution in [3.8, 4) is 5.75 Å². The molecule has 6 heteroatoms. The van der Waals surface area contributed by atoms with Gasteiger partial charge < -0.3 is 9.84 Å². The van der Waals surface area contributed by atoms with Gasteiger partial charge in [-0.05, 0) is 23.8 Å². The summed E-state index contributed by atoms with van der Waals surface area (Å²) in [6.07, 6.45) is 1.53. The number of rotatable bonds is 6. The highest BCUT2D eigenvalue weighted by Crippen LogP contribution is 2.12. The Balaban J connectivity index is 1.87. The molecule has 1 heterocycles. The van der Waals surface area contributed by atoms with Gasteiger partial charge in [0.1, 0.15) is 12.4 Å². The zero-order chi connectivity index (χ0) is 14.4. The van der Waals surface area contributed by atoms with E-state index in [-0.39, 0.29) is 12.0 Å². The van der Waals surface area contributed by atoms with Crippen molar-refractivity contribution in [2.24, 2.45) is 0 Å². The van der Waals surface area contributed by atoms with E-state index in [1.807, 2.05) is 0 Å². The Morgan fingerprint density at radius 2 is 2.00 bits per heavy atom. The van der Waals surface area contributed by atoms with Crippen LogP contribution in [0.25, 0.3) is 0 Å². The number of carbonyl (C=O) groups is 1. The lowest BCUT2D eigenvalue weighted by Gasteiger charge is -2.07. The molecular weight excluding hydrogens is 260 g/mol. The van der Waals surface area contributed by atoms with Gasteiger partial charge >= 0.3 is 5.97 Å². The largest absolute Gasteiger partial charge is 0.492 e. The molecule has 0 saturated heterocycles. The van der Waals surface area contributed by atoms with Crippen molar-refractivity contribution >= 4 is 5.97 Å². The van der Waals surface area contributed by atoms with Crippen LogP contribution in [0.1, 0.15) is 5.56 Å². The molecular formula is C14H14N2O4. The Kier molecular flexibility index (Phi) is 4.49. The molecule has 0 aliphatic carbocycles. The number of nitrogens with zero attached hydrogens (tertiary/aromatic N) is 2. The monoisotopic (exact) mass is 274 g/mol. The van der Waals surface area contributed by atoms with Crippen molar-refractivity contribution in [3.05, 3.63) is 58.5 Å². The lowest BCUT2D eigenvalue weighted by Crippen LogP contribution is -2.24. The number of aliphatic carboxylic acids is 1. The Morgan fingerprint density at radius 3 is 2.65 bits per heavy atom. The van der Waals surface area contributed by atoms with Crippen LogP contribution in [0.15, 0.2) is 47.4 Å². The third-order valence-electron chi connectivity index (χ3n) is 2.64. The van der Waals surface area contributed by atoms with Crippen LogP contribution < -0.4 is 10.3 Å². The first-order valence-electron chi connectivity index (χ1n) is 6.11. The van der Waals surface area contributed by atoms with Gasteiger partial charge in [-0.3, -0.25) is 9.59 Å². The van der Waals surface area contributed by atoms with E-state index in [0.717, 1.165) is 0 Å². The van der Waals surface area contributed by atoms with Gasteiger partial charge in [0.15, 0.2) is 0 Å². The number of benzene rings is 1. The van der Waals surface area contributed by atoms with Crippen molar-refractivity contribution < 1.29 is 14.6 Å². The average Bonchev–Trinajstić information content (AvgIpc) is 2.42. The summed E-state index contributed by atoms with van der Waals surface area (Å²) in [5, 5.41) is 12.6. The molecule has 1 N–H and O–H groups in total. The van der Waals surface area contributed by atoms with E-state index in [4.69, 9.17) is 9.84 Å². The minimum Gasteiger partial charge on any atom is -0.492 e. The van der Waals surface area contributed by atoms with Crippen LogP contribution in [0.5, 0.6) is 5.75 Å². The van der Waals surface area contributed by atoms with Crippen LogP contribution >= 0.6 is 0 Å². The third kappa shape index (κ3) is 3.94. The fraction of sp³-hybridized carbons (Fsp3) is 0.214. The molecule has 0 bridgehead atoms. The summed E-state index contributed by atoms with van der Waals surface area (Å²) in [6.45, 7) is 0.672. The molecule has 0 atom stereocenters. The highest BCUT2D eigenvalue weighted by molar-refractivity contribution is 5.70. The summed E-state index contributed by atoms with van der Waals surface area (Å²) in [4.78, 5) is 21.9. The van der Waals surface area contributed by atoms with E-state index in [2.05, 4.69) is 5.10 Å². The standard InChI is InChI=1S/C14H14N2O4/c17-13-2-1-7-15-16(13)8-9-20-12-5-3-11(4-6-12)10-14(18)19/h1-7H,8-10H2,(H,18,19). The highest BCUT2D eigenvalue weighted by Gasteiger charge is 2.01. The highest BCUT2D eigenvalue weighted by atomic mass is 16.5. The van der Waals surface area contributed by atoms with Gasteiger partial charge in [0.25, 0.3) is 5.56 Å². The maximum Gasteiger partial charge on any atom is 0.307 e. The normalized spacial score (nSPS) is 10.2. The number of hydrogen-bond acceptors (Lipinski definition) is 4. The Morgan fingerprint density at radius 1 is 1.25 bits per heavy atom. The number of hydrogen-bond donors (Lipinski definition) is 1. The second-order valence-electron chi connectivity index (χ2n) is 4.15. The number of aromatic nitrogens is 2. The maximum atomic E-state index is 11.4. The van der Waals surface area contributed by atoms with Crippen LogP contribution in [0, 0.1) is 0 Å². The van der Waals surface area contributed by atoms with Crippen molar-refractivity contribution in [2.75, 3.05) is 6.61 Å². The van der Waals surface area contributed by atoms with Crippen molar-refractivity contribution in [1.29, 1.82) is 0 Å². The Bertz CT molecular complexity index is 634. The molecule has 0 aliphatic rings. The quantitative estimate of drug-likeness (QED) is 0.848. The minimum atomic E-state index is -0.867. The van der Waals surface area contributed by atoms with Crippen LogP contribution in [-0.4, -0.2) is 27.5 Å². The zero-order valence-corrected chi connectivity index (χ0v) is 10.7. The number of carboxylic acids is 1. The molecule has 0 amide bonds. The molecule has 0 radical (unpaired) electrons. The van der Waals surface area contributed by atoms with Gasteiger partial charge in [-0.15, -0.1) is 0 Å². The Hall–Kier alpha value is -2.63. The van der Waals surface area contributed by atoms with Crippen LogP contribution in [0.3, 0.4) is 0 Å². The van der Waals surface area contributed by atoms with E-state index < -0.39 is 5.97 Å². The number of carboxylic acid groups (broad SMARTS) is 1. The SMILES string of the molecule is O=C(O)Cc1ccc(OCCn2ncccc2=O)cc1. The smallest absolute Gasteiger partial charge is 0.307 e. The second kappa shape index (κ2) is 6.51. The maximum absolute atomic E-state index is 11.4. The average molecular weight is 274 g/mol. The minimum absolute atomic E-state index is 0.0103. The van der Waals surface area contributed by atoms with Crippen LogP contribution in [-0.2, 0) is 17.8 Å². The van der Waals surface area contributed by atoms with Crippen LogP contribution in [0.2, 0.25) is 0 Å². The summed E-state index contributed by atoms with van der Waals surface area (Å²) in [5.41, 5.74) is 0.540. The topological polar surface area (TPSA) is 81.4 Å². The summed E-state index contributed by atoms with van der Waals surface area (Å²) < 4.78 is 6.80. The van der Waals surface area contributed by atoms with Gasteiger partial charge in [-0.1, -0.05) is 12.1 Å². The third-order valence-corrected chi connectivity index (χ3v) is 2.64.